The molecule has 0 radical (unpaired) electrons. The highest BCUT2D eigenvalue weighted by Gasteiger charge is 1.72. The Balaban J connectivity index is 0.000000127. The van der Waals surface area contributed by atoms with Gasteiger partial charge in [-0.25, -0.2) is 4.79 Å². The first kappa shape index (κ1) is 8.26. The monoisotopic (exact) mass is 165 g/mol. The highest BCUT2D eigenvalue weighted by molar-refractivity contribution is 4.85. The van der Waals surface area contributed by atoms with Crippen molar-refractivity contribution in [2.24, 2.45) is 0 Å². The Hall–Kier alpha value is -1.84. The maximum atomic E-state index is 10.1. The quantitative estimate of drug-likeness (QED) is 0.590. The molecule has 0 aliphatic heterocycles. The Kier molecular flexibility index (Phi) is 3.37. The van der Waals surface area contributed by atoms with Crippen molar-refractivity contribution in [1.29, 1.82) is 0 Å². The van der Waals surface area contributed by atoms with Crippen LogP contribution in [0, 0.1) is 0 Å². The van der Waals surface area contributed by atoms with E-state index in [4.69, 9.17) is 0 Å². The molecule has 2 rings (SSSR count). The molecule has 0 saturated heterocycles. The van der Waals surface area contributed by atoms with Crippen molar-refractivity contribution in [2.75, 3.05) is 0 Å². The van der Waals surface area contributed by atoms with E-state index in [0.29, 0.717) is 0 Å². The molecule has 0 aliphatic rings. The molecule has 62 valence electrons. The molecule has 2 aromatic heterocycles. The minimum Gasteiger partial charge on any atom is -0.431 e. The van der Waals surface area contributed by atoms with E-state index >= 15 is 0 Å². The van der Waals surface area contributed by atoms with Crippen molar-refractivity contribution in [3.05, 3.63) is 53.4 Å². The van der Waals surface area contributed by atoms with Crippen molar-refractivity contribution in [2.45, 2.75) is 0 Å². The molecule has 0 saturated carbocycles. The maximum absolute atomic E-state index is 10.1. The third-order valence-corrected chi connectivity index (χ3v) is 0.953. The lowest BCUT2D eigenvalue weighted by Gasteiger charge is -1.72. The van der Waals surface area contributed by atoms with Crippen molar-refractivity contribution in [1.82, 2.24) is 5.16 Å². The first-order valence-electron chi connectivity index (χ1n) is 3.28. The van der Waals surface area contributed by atoms with Gasteiger partial charge in [0.2, 0.25) is 0 Å². The number of aromatic nitrogens is 1. The van der Waals surface area contributed by atoms with E-state index in [1.807, 2.05) is 0 Å². The molecule has 0 fully saturated rings. The topological polar surface area (TPSA) is 56.2 Å². The van der Waals surface area contributed by atoms with Gasteiger partial charge < -0.3 is 8.94 Å². The van der Waals surface area contributed by atoms with Gasteiger partial charge in [0.25, 0.3) is 0 Å². The molecule has 2 aromatic rings. The summed E-state index contributed by atoms with van der Waals surface area (Å²) in [5.41, 5.74) is -0.303. The van der Waals surface area contributed by atoms with E-state index in [0.717, 1.165) is 0 Å². The van der Waals surface area contributed by atoms with Gasteiger partial charge in [0.1, 0.15) is 6.26 Å². The Morgan fingerprint density at radius 3 is 2.33 bits per heavy atom. The SMILES string of the molecule is O=c1cccco1.c1cnoc1. The van der Waals surface area contributed by atoms with Gasteiger partial charge in [-0.2, -0.15) is 0 Å². The van der Waals surface area contributed by atoms with Gasteiger partial charge in [-0.15, -0.1) is 0 Å². The molecule has 0 spiro atoms. The molecular weight excluding hydrogens is 158 g/mol. The molecule has 0 unspecified atom stereocenters. The fourth-order valence-electron chi connectivity index (χ4n) is 0.501. The van der Waals surface area contributed by atoms with Gasteiger partial charge in [0.15, 0.2) is 0 Å². The van der Waals surface area contributed by atoms with Gasteiger partial charge >= 0.3 is 5.63 Å². The second-order valence-corrected chi connectivity index (χ2v) is 1.81. The van der Waals surface area contributed by atoms with E-state index in [1.54, 1.807) is 24.4 Å². The molecule has 4 nitrogen and oxygen atoms in total. The fraction of sp³-hybridized carbons (Fsp3) is 0. The Morgan fingerprint density at radius 1 is 1.17 bits per heavy atom. The average Bonchev–Trinajstić information content (AvgIpc) is 2.62. The first-order valence-corrected chi connectivity index (χ1v) is 3.28. The van der Waals surface area contributed by atoms with Crippen LogP contribution in [0.1, 0.15) is 0 Å². The van der Waals surface area contributed by atoms with Crippen LogP contribution < -0.4 is 5.63 Å². The summed E-state index contributed by atoms with van der Waals surface area (Å²) in [7, 11) is 0. The Labute approximate surface area is 68.4 Å². The number of nitrogens with zero attached hydrogens (tertiary/aromatic N) is 1. The number of rotatable bonds is 0. The minimum absolute atomic E-state index is 0.303. The first-order chi connectivity index (χ1) is 5.89. The van der Waals surface area contributed by atoms with Crippen molar-refractivity contribution in [3.8, 4) is 0 Å². The molecule has 0 N–H and O–H groups in total. The van der Waals surface area contributed by atoms with Crippen LogP contribution in [0.25, 0.3) is 0 Å². The average molecular weight is 165 g/mol. The third-order valence-electron chi connectivity index (χ3n) is 0.953. The lowest BCUT2D eigenvalue weighted by Crippen LogP contribution is -1.90. The van der Waals surface area contributed by atoms with Gasteiger partial charge in [-0.1, -0.05) is 11.2 Å². The van der Waals surface area contributed by atoms with Crippen molar-refractivity contribution in [3.63, 3.8) is 0 Å². The van der Waals surface area contributed by atoms with Crippen LogP contribution in [0.4, 0.5) is 0 Å². The van der Waals surface area contributed by atoms with E-state index < -0.39 is 0 Å². The number of hydrogen-bond acceptors (Lipinski definition) is 4. The summed E-state index contributed by atoms with van der Waals surface area (Å²) in [5, 5.41) is 3.35. The summed E-state index contributed by atoms with van der Waals surface area (Å²) in [5.74, 6) is 0. The van der Waals surface area contributed by atoms with Crippen LogP contribution in [0.2, 0.25) is 0 Å². The summed E-state index contributed by atoms with van der Waals surface area (Å²) >= 11 is 0. The van der Waals surface area contributed by atoms with Crippen LogP contribution in [0.15, 0.2) is 56.7 Å². The van der Waals surface area contributed by atoms with Crippen LogP contribution in [-0.4, -0.2) is 5.16 Å². The summed E-state index contributed by atoms with van der Waals surface area (Å²) < 4.78 is 8.70. The minimum atomic E-state index is -0.303. The van der Waals surface area contributed by atoms with Crippen molar-refractivity contribution >= 4 is 0 Å². The zero-order chi connectivity index (χ0) is 8.65. The van der Waals surface area contributed by atoms with Gasteiger partial charge in [0, 0.05) is 6.07 Å². The largest absolute Gasteiger partial charge is 0.431 e. The van der Waals surface area contributed by atoms with Crippen LogP contribution in [0.5, 0.6) is 0 Å². The van der Waals surface area contributed by atoms with Crippen LogP contribution >= 0.6 is 0 Å². The standard InChI is InChI=1S/C5H4O2.C3H3NO/c6-5-3-1-2-4-7-5;1-2-4-5-3-1/h1-4H;1-3H. The molecule has 0 aromatic carbocycles. The predicted octanol–water partition coefficient (Wildman–Crippen LogP) is 1.31. The van der Waals surface area contributed by atoms with Gasteiger partial charge in [-0.05, 0) is 12.1 Å². The van der Waals surface area contributed by atoms with E-state index in [1.165, 1.54) is 18.6 Å². The maximum Gasteiger partial charge on any atom is 0.335 e. The fourth-order valence-corrected chi connectivity index (χ4v) is 0.501. The summed E-state index contributed by atoms with van der Waals surface area (Å²) in [6, 6.07) is 6.37. The normalized spacial score (nSPS) is 8.33. The van der Waals surface area contributed by atoms with E-state index in [2.05, 4.69) is 14.1 Å². The van der Waals surface area contributed by atoms with E-state index in [9.17, 15) is 4.79 Å². The Bertz CT molecular complexity index is 304. The van der Waals surface area contributed by atoms with E-state index in [-0.39, 0.29) is 5.63 Å². The summed E-state index contributed by atoms with van der Waals surface area (Å²) in [6.07, 6.45) is 4.45. The molecular formula is C8H7NO3. The second-order valence-electron chi connectivity index (χ2n) is 1.81. The third kappa shape index (κ3) is 3.36. The number of hydrogen-bond donors (Lipinski definition) is 0. The molecule has 12 heavy (non-hydrogen) atoms. The molecule has 0 atom stereocenters. The van der Waals surface area contributed by atoms with Crippen molar-refractivity contribution < 1.29 is 8.94 Å². The molecule has 2 heterocycles. The smallest absolute Gasteiger partial charge is 0.335 e. The molecule has 0 aliphatic carbocycles. The zero-order valence-electron chi connectivity index (χ0n) is 6.21. The van der Waals surface area contributed by atoms with Gasteiger partial charge in [0.05, 0.1) is 12.5 Å². The lowest BCUT2D eigenvalue weighted by atomic mass is 10.5. The lowest BCUT2D eigenvalue weighted by molar-refractivity contribution is 0.420. The summed E-state index contributed by atoms with van der Waals surface area (Å²) in [4.78, 5) is 10.1. The van der Waals surface area contributed by atoms with Crippen LogP contribution in [-0.2, 0) is 0 Å². The van der Waals surface area contributed by atoms with Crippen LogP contribution in [0.3, 0.4) is 0 Å². The second kappa shape index (κ2) is 4.90. The van der Waals surface area contributed by atoms with Gasteiger partial charge in [-0.3, -0.25) is 0 Å². The highest BCUT2D eigenvalue weighted by Crippen LogP contribution is 1.72. The molecule has 4 heteroatoms. The molecule has 0 bridgehead atoms. The Morgan fingerprint density at radius 2 is 2.08 bits per heavy atom. The molecule has 0 amide bonds. The summed E-state index contributed by atoms with van der Waals surface area (Å²) in [6.45, 7) is 0. The predicted molar refractivity (Wildman–Crippen MR) is 41.5 cm³/mol. The zero-order valence-corrected chi connectivity index (χ0v) is 6.21. The highest BCUT2D eigenvalue weighted by atomic mass is 16.5.